The lowest BCUT2D eigenvalue weighted by Crippen LogP contribution is -2.23. The maximum Gasteiger partial charge on any atom is 0.348 e. The van der Waals surface area contributed by atoms with Gasteiger partial charge in [0, 0.05) is 0 Å². The highest BCUT2D eigenvalue weighted by Crippen LogP contribution is 2.19. The number of nitriles is 1. The molecule has 0 saturated heterocycles. The molecule has 80 valence electrons. The average molecular weight is 223 g/mol. The molecule has 1 rings (SSSR count). The van der Waals surface area contributed by atoms with Gasteiger partial charge in [-0.2, -0.15) is 5.26 Å². The number of carbonyl (C=O) groups excluding carboxylic acids is 1. The van der Waals surface area contributed by atoms with Gasteiger partial charge < -0.3 is 4.74 Å². The third-order valence-electron chi connectivity index (χ3n) is 1.54. The third kappa shape index (κ3) is 3.72. The van der Waals surface area contributed by atoms with Crippen LogP contribution in [-0.2, 0) is 11.2 Å². The summed E-state index contributed by atoms with van der Waals surface area (Å²) in [6.07, 6.45) is 0.333. The second-order valence-electron chi connectivity index (χ2n) is 4.16. The predicted octanol–water partition coefficient (Wildman–Crippen LogP) is 2.77. The maximum absolute atomic E-state index is 11.6. The number of ether oxygens (including phenoxy) is 1. The highest BCUT2D eigenvalue weighted by molar-refractivity contribution is 7.12. The van der Waals surface area contributed by atoms with Crippen LogP contribution in [0.1, 0.15) is 36.0 Å². The number of nitrogens with zero attached hydrogens (tertiary/aromatic N) is 1. The first-order valence-corrected chi connectivity index (χ1v) is 5.48. The Kier molecular flexibility index (Phi) is 3.48. The van der Waals surface area contributed by atoms with Gasteiger partial charge in [0.1, 0.15) is 10.5 Å². The van der Waals surface area contributed by atoms with Gasteiger partial charge in [0.05, 0.1) is 12.5 Å². The Balaban J connectivity index is 2.71. The molecule has 0 saturated carbocycles. The first-order chi connectivity index (χ1) is 6.92. The van der Waals surface area contributed by atoms with Crippen molar-refractivity contribution in [2.75, 3.05) is 0 Å². The van der Waals surface area contributed by atoms with Crippen LogP contribution in [0.4, 0.5) is 0 Å². The first kappa shape index (κ1) is 11.7. The Morgan fingerprint density at radius 1 is 1.60 bits per heavy atom. The number of thiophene rings is 1. The summed E-state index contributed by atoms with van der Waals surface area (Å²) in [6.45, 7) is 5.48. The largest absolute Gasteiger partial charge is 0.456 e. The van der Waals surface area contributed by atoms with Crippen LogP contribution in [0.25, 0.3) is 0 Å². The van der Waals surface area contributed by atoms with E-state index in [9.17, 15) is 4.79 Å². The molecule has 0 atom stereocenters. The van der Waals surface area contributed by atoms with Gasteiger partial charge in [0.25, 0.3) is 0 Å². The molecule has 0 aliphatic heterocycles. The summed E-state index contributed by atoms with van der Waals surface area (Å²) >= 11 is 1.31. The molecule has 0 radical (unpaired) electrons. The number of hydrogen-bond donors (Lipinski definition) is 0. The summed E-state index contributed by atoms with van der Waals surface area (Å²) < 4.78 is 5.20. The normalized spacial score (nSPS) is 10.8. The molecule has 0 bridgehead atoms. The van der Waals surface area contributed by atoms with E-state index in [2.05, 4.69) is 0 Å². The van der Waals surface area contributed by atoms with Gasteiger partial charge >= 0.3 is 5.97 Å². The molecule has 0 spiro atoms. The smallest absolute Gasteiger partial charge is 0.348 e. The minimum absolute atomic E-state index is 0.323. The number of hydrogen-bond acceptors (Lipinski definition) is 4. The van der Waals surface area contributed by atoms with E-state index < -0.39 is 5.60 Å². The van der Waals surface area contributed by atoms with Gasteiger partial charge in [-0.05, 0) is 37.8 Å². The van der Waals surface area contributed by atoms with E-state index >= 15 is 0 Å². The van der Waals surface area contributed by atoms with E-state index in [0.29, 0.717) is 11.3 Å². The molecule has 0 amide bonds. The number of esters is 1. The zero-order chi connectivity index (χ0) is 11.5. The van der Waals surface area contributed by atoms with E-state index in [-0.39, 0.29) is 5.97 Å². The highest BCUT2D eigenvalue weighted by atomic mass is 32.1. The SMILES string of the molecule is CC(C)(C)OC(=O)c1cc(CC#N)cs1. The Labute approximate surface area is 93.3 Å². The van der Waals surface area contributed by atoms with Gasteiger partial charge in [-0.15, -0.1) is 11.3 Å². The summed E-state index contributed by atoms with van der Waals surface area (Å²) in [5.74, 6) is -0.323. The van der Waals surface area contributed by atoms with Crippen molar-refractivity contribution in [2.45, 2.75) is 32.8 Å². The van der Waals surface area contributed by atoms with Gasteiger partial charge in [0.2, 0.25) is 0 Å². The lowest BCUT2D eigenvalue weighted by molar-refractivity contribution is 0.00752. The molecule has 0 fully saturated rings. The Morgan fingerprint density at radius 3 is 2.80 bits per heavy atom. The fourth-order valence-corrected chi connectivity index (χ4v) is 1.78. The highest BCUT2D eigenvalue weighted by Gasteiger charge is 2.19. The van der Waals surface area contributed by atoms with Crippen LogP contribution in [0.15, 0.2) is 11.4 Å². The quantitative estimate of drug-likeness (QED) is 0.724. The second-order valence-corrected chi connectivity index (χ2v) is 5.07. The van der Waals surface area contributed by atoms with E-state index in [1.165, 1.54) is 11.3 Å². The van der Waals surface area contributed by atoms with Crippen LogP contribution in [0.3, 0.4) is 0 Å². The lowest BCUT2D eigenvalue weighted by atomic mass is 10.2. The van der Waals surface area contributed by atoms with E-state index in [0.717, 1.165) is 5.56 Å². The molecule has 1 aromatic rings. The standard InChI is InChI=1S/C11H13NO2S/c1-11(2,3)14-10(13)9-6-8(4-5-12)7-15-9/h6-7H,4H2,1-3H3. The Morgan fingerprint density at radius 2 is 2.27 bits per heavy atom. The van der Waals surface area contributed by atoms with Gasteiger partial charge in [-0.3, -0.25) is 0 Å². The fraction of sp³-hybridized carbons (Fsp3) is 0.455. The van der Waals surface area contributed by atoms with Crippen molar-refractivity contribution in [2.24, 2.45) is 0 Å². The first-order valence-electron chi connectivity index (χ1n) is 4.60. The Hall–Kier alpha value is -1.34. The molecule has 15 heavy (non-hydrogen) atoms. The molecule has 0 aliphatic rings. The summed E-state index contributed by atoms with van der Waals surface area (Å²) in [7, 11) is 0. The van der Waals surface area contributed by atoms with Crippen LogP contribution in [0.2, 0.25) is 0 Å². The fourth-order valence-electron chi connectivity index (χ4n) is 0.995. The second kappa shape index (κ2) is 4.45. The predicted molar refractivity (Wildman–Crippen MR) is 58.8 cm³/mol. The summed E-state index contributed by atoms with van der Waals surface area (Å²) in [5.41, 5.74) is 0.388. The van der Waals surface area contributed by atoms with E-state index in [4.69, 9.17) is 10.00 Å². The van der Waals surface area contributed by atoms with Crippen LogP contribution < -0.4 is 0 Å². The Bertz CT molecular complexity index is 395. The zero-order valence-electron chi connectivity index (χ0n) is 9.03. The van der Waals surface area contributed by atoms with Gasteiger partial charge in [0.15, 0.2) is 0 Å². The zero-order valence-corrected chi connectivity index (χ0v) is 9.85. The van der Waals surface area contributed by atoms with Gasteiger partial charge in [-0.25, -0.2) is 4.79 Å². The lowest BCUT2D eigenvalue weighted by Gasteiger charge is -2.18. The van der Waals surface area contributed by atoms with Crippen molar-refractivity contribution >= 4 is 17.3 Å². The molecule has 0 N–H and O–H groups in total. The van der Waals surface area contributed by atoms with Crippen molar-refractivity contribution in [1.29, 1.82) is 5.26 Å². The summed E-state index contributed by atoms with van der Waals surface area (Å²) in [5, 5.41) is 10.3. The molecule has 4 heteroatoms. The van der Waals surface area contributed by atoms with Crippen molar-refractivity contribution in [3.8, 4) is 6.07 Å². The molecule has 0 unspecified atom stereocenters. The average Bonchev–Trinajstić information content (AvgIpc) is 2.50. The third-order valence-corrected chi connectivity index (χ3v) is 2.50. The van der Waals surface area contributed by atoms with Gasteiger partial charge in [-0.1, -0.05) is 0 Å². The van der Waals surface area contributed by atoms with Crippen LogP contribution >= 0.6 is 11.3 Å². The monoisotopic (exact) mass is 223 g/mol. The molecular weight excluding hydrogens is 210 g/mol. The molecule has 0 aliphatic carbocycles. The van der Waals surface area contributed by atoms with Crippen molar-refractivity contribution in [3.05, 3.63) is 21.9 Å². The van der Waals surface area contributed by atoms with Crippen molar-refractivity contribution in [1.82, 2.24) is 0 Å². The van der Waals surface area contributed by atoms with E-state index in [1.54, 1.807) is 6.07 Å². The van der Waals surface area contributed by atoms with E-state index in [1.807, 2.05) is 32.2 Å². The minimum atomic E-state index is -0.476. The molecule has 3 nitrogen and oxygen atoms in total. The van der Waals surface area contributed by atoms with Crippen LogP contribution in [0.5, 0.6) is 0 Å². The number of carbonyl (C=O) groups is 1. The number of rotatable bonds is 2. The van der Waals surface area contributed by atoms with Crippen molar-refractivity contribution in [3.63, 3.8) is 0 Å². The molecule has 1 heterocycles. The van der Waals surface area contributed by atoms with Crippen LogP contribution in [-0.4, -0.2) is 11.6 Å². The maximum atomic E-state index is 11.6. The minimum Gasteiger partial charge on any atom is -0.456 e. The summed E-state index contributed by atoms with van der Waals surface area (Å²) in [4.78, 5) is 12.1. The van der Waals surface area contributed by atoms with Crippen molar-refractivity contribution < 1.29 is 9.53 Å². The molecule has 1 aromatic heterocycles. The van der Waals surface area contributed by atoms with Crippen LogP contribution in [0, 0.1) is 11.3 Å². The molecule has 0 aromatic carbocycles. The topological polar surface area (TPSA) is 50.1 Å². The summed E-state index contributed by atoms with van der Waals surface area (Å²) in [6, 6.07) is 3.75. The molecular formula is C11H13NO2S.